The molecule has 3 rings (SSSR count). The van der Waals surface area contributed by atoms with E-state index in [1.54, 1.807) is 0 Å². The van der Waals surface area contributed by atoms with Crippen LogP contribution in [-0.2, 0) is 16.5 Å². The van der Waals surface area contributed by atoms with Crippen LogP contribution in [0.25, 0.3) is 0 Å². The number of hydrogen-bond acceptors (Lipinski definition) is 4. The lowest BCUT2D eigenvalue weighted by Crippen LogP contribution is -2.37. The van der Waals surface area contributed by atoms with Crippen molar-refractivity contribution in [3.63, 3.8) is 0 Å². The molecule has 2 aliphatic heterocycles. The zero-order chi connectivity index (χ0) is 15.3. The van der Waals surface area contributed by atoms with Crippen LogP contribution in [0.2, 0.25) is 0 Å². The van der Waals surface area contributed by atoms with E-state index in [2.05, 4.69) is 5.32 Å². The molecule has 2 atom stereocenters. The summed E-state index contributed by atoms with van der Waals surface area (Å²) in [5.41, 5.74) is -0.877. The van der Waals surface area contributed by atoms with Gasteiger partial charge in [-0.15, -0.1) is 0 Å². The summed E-state index contributed by atoms with van der Waals surface area (Å²) in [4.78, 5) is 0. The van der Waals surface area contributed by atoms with Gasteiger partial charge in [0.05, 0.1) is 20.8 Å². The molecule has 1 N–H and O–H groups in total. The summed E-state index contributed by atoms with van der Waals surface area (Å²) >= 11 is 0. The molecule has 0 radical (unpaired) electrons. The van der Waals surface area contributed by atoms with Crippen molar-refractivity contribution in [3.8, 4) is 11.5 Å². The van der Waals surface area contributed by atoms with Crippen LogP contribution in [0.15, 0.2) is 12.1 Å². The minimum atomic E-state index is -4.50. The number of ether oxygens (including phenoxy) is 3. The van der Waals surface area contributed by atoms with Gasteiger partial charge in [0.1, 0.15) is 11.2 Å². The van der Waals surface area contributed by atoms with Crippen LogP contribution >= 0.6 is 0 Å². The van der Waals surface area contributed by atoms with Crippen molar-refractivity contribution in [1.82, 2.24) is 5.32 Å². The first kappa shape index (κ1) is 14.5. The van der Waals surface area contributed by atoms with Crippen molar-refractivity contribution in [2.45, 2.75) is 24.2 Å². The number of alkyl halides is 3. The molecule has 2 fully saturated rings. The molecule has 1 aromatic rings. The highest BCUT2D eigenvalue weighted by molar-refractivity contribution is 5.56. The van der Waals surface area contributed by atoms with Crippen LogP contribution in [0.5, 0.6) is 11.5 Å². The van der Waals surface area contributed by atoms with Gasteiger partial charge < -0.3 is 19.5 Å². The van der Waals surface area contributed by atoms with Gasteiger partial charge in [-0.25, -0.2) is 0 Å². The summed E-state index contributed by atoms with van der Waals surface area (Å²) in [5.74, 6) is -0.201. The molecule has 7 heteroatoms. The molecule has 4 nitrogen and oxygen atoms in total. The molecule has 0 saturated carbocycles. The van der Waals surface area contributed by atoms with Gasteiger partial charge in [0, 0.05) is 18.2 Å². The second kappa shape index (κ2) is 4.78. The molecule has 0 aliphatic carbocycles. The highest BCUT2D eigenvalue weighted by Crippen LogP contribution is 2.50. The Bertz CT molecular complexity index is 551. The molecular formula is C14H16F3NO3. The van der Waals surface area contributed by atoms with Crippen LogP contribution in [0.1, 0.15) is 17.5 Å². The van der Waals surface area contributed by atoms with Gasteiger partial charge in [-0.2, -0.15) is 13.2 Å². The first-order valence-corrected chi connectivity index (χ1v) is 6.61. The molecule has 21 heavy (non-hydrogen) atoms. The Kier molecular flexibility index (Phi) is 3.29. The number of hydrogen-bond donors (Lipinski definition) is 1. The van der Waals surface area contributed by atoms with E-state index in [0.717, 1.165) is 12.5 Å². The van der Waals surface area contributed by atoms with Crippen molar-refractivity contribution in [3.05, 3.63) is 23.3 Å². The number of benzene rings is 1. The molecule has 116 valence electrons. The average Bonchev–Trinajstić information content (AvgIpc) is 3.06. The summed E-state index contributed by atoms with van der Waals surface area (Å²) < 4.78 is 55.2. The summed E-state index contributed by atoms with van der Waals surface area (Å²) in [6.07, 6.45) is -3.78. The Hall–Kier alpha value is -1.47. The van der Waals surface area contributed by atoms with Crippen LogP contribution < -0.4 is 14.8 Å². The lowest BCUT2D eigenvalue weighted by Gasteiger charge is -2.30. The number of nitrogens with one attached hydrogen (secondary N) is 1. The molecular weight excluding hydrogens is 287 g/mol. The minimum absolute atomic E-state index is 0.0941. The maximum Gasteiger partial charge on any atom is 0.420 e. The van der Waals surface area contributed by atoms with Gasteiger partial charge >= 0.3 is 6.18 Å². The van der Waals surface area contributed by atoms with E-state index in [1.807, 2.05) is 0 Å². The number of fused-ring (bicyclic) bond motifs is 2. The molecule has 0 amide bonds. The summed E-state index contributed by atoms with van der Waals surface area (Å²) in [6.45, 7) is 1.11. The smallest absolute Gasteiger partial charge is 0.420 e. The lowest BCUT2D eigenvalue weighted by molar-refractivity contribution is -0.139. The third-order valence-corrected chi connectivity index (χ3v) is 4.13. The van der Waals surface area contributed by atoms with Crippen molar-refractivity contribution in [2.75, 3.05) is 27.4 Å². The van der Waals surface area contributed by atoms with Crippen LogP contribution in [0, 0.1) is 0 Å². The molecule has 2 aliphatic rings. The molecule has 1 aromatic carbocycles. The fraction of sp³-hybridized carbons (Fsp3) is 0.571. The Morgan fingerprint density at radius 3 is 2.38 bits per heavy atom. The molecule has 2 saturated heterocycles. The molecule has 2 unspecified atom stereocenters. The molecule has 0 spiro atoms. The Morgan fingerprint density at radius 2 is 1.95 bits per heavy atom. The maximum atomic E-state index is 13.1. The Labute approximate surface area is 120 Å². The standard InChI is InChI=1S/C14H16F3NO3/c1-19-11-9(13-5-8(6-21-13)18-7-13)3-4-10(12(11)20-2)14(15,16)17/h3-4,8,18H,5-7H2,1-2H3. The second-order valence-corrected chi connectivity index (χ2v) is 5.31. The predicted molar refractivity (Wildman–Crippen MR) is 68.6 cm³/mol. The third kappa shape index (κ3) is 2.15. The van der Waals surface area contributed by atoms with E-state index >= 15 is 0 Å². The maximum absolute atomic E-state index is 13.1. The van der Waals surface area contributed by atoms with Crippen molar-refractivity contribution in [2.24, 2.45) is 0 Å². The monoisotopic (exact) mass is 303 g/mol. The third-order valence-electron chi connectivity index (χ3n) is 4.13. The SMILES string of the molecule is COc1c(C(F)(F)F)ccc(C23CNC(CO2)C3)c1OC. The van der Waals surface area contributed by atoms with E-state index in [4.69, 9.17) is 14.2 Å². The first-order chi connectivity index (χ1) is 9.91. The summed E-state index contributed by atoms with van der Waals surface area (Å²) in [7, 11) is 2.55. The van der Waals surface area contributed by atoms with E-state index in [1.165, 1.54) is 20.3 Å². The van der Waals surface area contributed by atoms with Crippen LogP contribution in [0.3, 0.4) is 0 Å². The van der Waals surface area contributed by atoms with E-state index in [-0.39, 0.29) is 17.5 Å². The van der Waals surface area contributed by atoms with Gasteiger partial charge in [0.25, 0.3) is 0 Å². The predicted octanol–water partition coefficient (Wildman–Crippen LogP) is 2.31. The van der Waals surface area contributed by atoms with Crippen LogP contribution in [0.4, 0.5) is 13.2 Å². The fourth-order valence-corrected chi connectivity index (χ4v) is 3.17. The Balaban J connectivity index is 2.15. The second-order valence-electron chi connectivity index (χ2n) is 5.31. The first-order valence-electron chi connectivity index (χ1n) is 6.61. The molecule has 0 aromatic heterocycles. The summed E-state index contributed by atoms with van der Waals surface area (Å²) in [5, 5.41) is 3.29. The van der Waals surface area contributed by atoms with E-state index in [0.29, 0.717) is 18.7 Å². The van der Waals surface area contributed by atoms with Crippen LogP contribution in [-0.4, -0.2) is 33.4 Å². The van der Waals surface area contributed by atoms with Gasteiger partial charge in [0.2, 0.25) is 0 Å². The van der Waals surface area contributed by atoms with Gasteiger partial charge in [-0.3, -0.25) is 0 Å². The molecule has 2 bridgehead atoms. The van der Waals surface area contributed by atoms with Gasteiger partial charge in [-0.05, 0) is 12.5 Å². The number of morpholine rings is 1. The van der Waals surface area contributed by atoms with E-state index in [9.17, 15) is 13.2 Å². The molecule has 2 heterocycles. The quantitative estimate of drug-likeness (QED) is 0.930. The van der Waals surface area contributed by atoms with Gasteiger partial charge in [0.15, 0.2) is 11.5 Å². The Morgan fingerprint density at radius 1 is 1.24 bits per heavy atom. The van der Waals surface area contributed by atoms with Crippen molar-refractivity contribution in [1.29, 1.82) is 0 Å². The number of halogens is 3. The van der Waals surface area contributed by atoms with E-state index < -0.39 is 17.3 Å². The number of methoxy groups -OCH3 is 2. The fourth-order valence-electron chi connectivity index (χ4n) is 3.17. The number of rotatable bonds is 3. The van der Waals surface area contributed by atoms with Gasteiger partial charge in [-0.1, -0.05) is 6.07 Å². The summed E-state index contributed by atoms with van der Waals surface area (Å²) in [6, 6.07) is 2.70. The minimum Gasteiger partial charge on any atom is -0.492 e. The topological polar surface area (TPSA) is 39.7 Å². The highest BCUT2D eigenvalue weighted by atomic mass is 19.4. The average molecular weight is 303 g/mol. The normalized spacial score (nSPS) is 28.0. The zero-order valence-electron chi connectivity index (χ0n) is 11.7. The van der Waals surface area contributed by atoms with Crippen molar-refractivity contribution < 1.29 is 27.4 Å². The lowest BCUT2D eigenvalue weighted by atomic mass is 9.90. The van der Waals surface area contributed by atoms with Crippen molar-refractivity contribution >= 4 is 0 Å². The highest BCUT2D eigenvalue weighted by Gasteiger charge is 2.50. The zero-order valence-corrected chi connectivity index (χ0v) is 11.7. The largest absolute Gasteiger partial charge is 0.492 e.